The van der Waals surface area contributed by atoms with Crippen molar-refractivity contribution in [1.29, 1.82) is 0 Å². The standard InChI is InChI=1S/C17H16BrN3/c18-16-6-2-14(3-7-16)12-19-17-8-4-15(5-9-17)13-21-11-1-10-20-21/h1-11,19H,12-13H2. The molecule has 1 heterocycles. The van der Waals surface area contributed by atoms with Gasteiger partial charge in [-0.05, 0) is 41.5 Å². The van der Waals surface area contributed by atoms with Crippen molar-refractivity contribution in [2.45, 2.75) is 13.1 Å². The van der Waals surface area contributed by atoms with Crippen molar-refractivity contribution >= 4 is 21.6 Å². The van der Waals surface area contributed by atoms with E-state index < -0.39 is 0 Å². The maximum Gasteiger partial charge on any atom is 0.0659 e. The smallest absolute Gasteiger partial charge is 0.0659 e. The number of nitrogens with one attached hydrogen (secondary N) is 1. The van der Waals surface area contributed by atoms with Gasteiger partial charge in [0, 0.05) is 29.1 Å². The number of anilines is 1. The summed E-state index contributed by atoms with van der Waals surface area (Å²) in [4.78, 5) is 0. The molecule has 0 fully saturated rings. The van der Waals surface area contributed by atoms with Crippen LogP contribution in [0.1, 0.15) is 11.1 Å². The fraction of sp³-hybridized carbons (Fsp3) is 0.118. The average molecular weight is 342 g/mol. The van der Waals surface area contributed by atoms with E-state index in [2.05, 4.69) is 74.9 Å². The predicted octanol–water partition coefficient (Wildman–Crippen LogP) is 4.31. The first kappa shape index (κ1) is 13.9. The molecule has 0 unspecified atom stereocenters. The first-order chi connectivity index (χ1) is 10.3. The Bertz CT molecular complexity index is 673. The third kappa shape index (κ3) is 3.95. The van der Waals surface area contributed by atoms with Crippen molar-refractivity contribution in [3.63, 3.8) is 0 Å². The first-order valence-corrected chi connectivity index (χ1v) is 7.63. The van der Waals surface area contributed by atoms with Gasteiger partial charge in [0.05, 0.1) is 6.54 Å². The molecular formula is C17H16BrN3. The summed E-state index contributed by atoms with van der Waals surface area (Å²) in [5, 5.41) is 7.64. The molecule has 0 atom stereocenters. The molecule has 0 saturated heterocycles. The van der Waals surface area contributed by atoms with Crippen molar-refractivity contribution in [1.82, 2.24) is 9.78 Å². The molecule has 1 aromatic heterocycles. The topological polar surface area (TPSA) is 29.9 Å². The van der Waals surface area contributed by atoms with Gasteiger partial charge in [-0.2, -0.15) is 5.10 Å². The van der Waals surface area contributed by atoms with Gasteiger partial charge in [-0.15, -0.1) is 0 Å². The first-order valence-electron chi connectivity index (χ1n) is 6.84. The van der Waals surface area contributed by atoms with E-state index in [-0.39, 0.29) is 0 Å². The third-order valence-corrected chi connectivity index (χ3v) is 3.80. The maximum atomic E-state index is 4.21. The lowest BCUT2D eigenvalue weighted by molar-refractivity contribution is 0.687. The fourth-order valence-electron chi connectivity index (χ4n) is 2.12. The Labute approximate surface area is 132 Å². The van der Waals surface area contributed by atoms with Gasteiger partial charge in [0.15, 0.2) is 0 Å². The molecule has 0 aliphatic carbocycles. The van der Waals surface area contributed by atoms with Gasteiger partial charge in [-0.25, -0.2) is 0 Å². The van der Waals surface area contributed by atoms with Crippen molar-refractivity contribution in [2.75, 3.05) is 5.32 Å². The van der Waals surface area contributed by atoms with E-state index in [1.165, 1.54) is 11.1 Å². The summed E-state index contributed by atoms with van der Waals surface area (Å²) in [5.74, 6) is 0. The van der Waals surface area contributed by atoms with E-state index in [9.17, 15) is 0 Å². The highest BCUT2D eigenvalue weighted by molar-refractivity contribution is 9.10. The van der Waals surface area contributed by atoms with Gasteiger partial charge < -0.3 is 5.32 Å². The highest BCUT2D eigenvalue weighted by atomic mass is 79.9. The molecule has 3 nitrogen and oxygen atoms in total. The molecule has 3 rings (SSSR count). The van der Waals surface area contributed by atoms with Crippen LogP contribution in [0.2, 0.25) is 0 Å². The monoisotopic (exact) mass is 341 g/mol. The molecule has 0 aliphatic heterocycles. The van der Waals surface area contributed by atoms with Gasteiger partial charge in [0.1, 0.15) is 0 Å². The van der Waals surface area contributed by atoms with Crippen molar-refractivity contribution < 1.29 is 0 Å². The number of hydrogen-bond acceptors (Lipinski definition) is 2. The van der Waals surface area contributed by atoms with Gasteiger partial charge in [-0.3, -0.25) is 4.68 Å². The number of benzene rings is 2. The Hall–Kier alpha value is -2.07. The lowest BCUT2D eigenvalue weighted by Gasteiger charge is -2.08. The molecule has 1 N–H and O–H groups in total. The quantitative estimate of drug-likeness (QED) is 0.749. The van der Waals surface area contributed by atoms with Gasteiger partial charge in [0.25, 0.3) is 0 Å². The van der Waals surface area contributed by atoms with E-state index in [0.29, 0.717) is 0 Å². The fourth-order valence-corrected chi connectivity index (χ4v) is 2.38. The highest BCUT2D eigenvalue weighted by Crippen LogP contribution is 2.14. The molecule has 0 bridgehead atoms. The van der Waals surface area contributed by atoms with E-state index >= 15 is 0 Å². The SMILES string of the molecule is Brc1ccc(CNc2ccc(Cn3cccn3)cc2)cc1. The van der Waals surface area contributed by atoms with Crippen molar-refractivity contribution in [3.8, 4) is 0 Å². The molecule has 0 spiro atoms. The second kappa shape index (κ2) is 6.59. The summed E-state index contributed by atoms with van der Waals surface area (Å²) in [6.07, 6.45) is 3.77. The van der Waals surface area contributed by atoms with Gasteiger partial charge in [0.2, 0.25) is 0 Å². The average Bonchev–Trinajstić information content (AvgIpc) is 3.01. The van der Waals surface area contributed by atoms with E-state index in [4.69, 9.17) is 0 Å². The largest absolute Gasteiger partial charge is 0.381 e. The molecular weight excluding hydrogens is 326 g/mol. The normalized spacial score (nSPS) is 10.5. The minimum absolute atomic E-state index is 0.806. The number of nitrogens with zero attached hydrogens (tertiary/aromatic N) is 2. The van der Waals surface area contributed by atoms with E-state index in [0.717, 1.165) is 23.2 Å². The Balaban J connectivity index is 1.58. The Morgan fingerprint density at radius 2 is 1.67 bits per heavy atom. The summed E-state index contributed by atoms with van der Waals surface area (Å²) in [6, 6.07) is 18.8. The Morgan fingerprint density at radius 1 is 0.952 bits per heavy atom. The Kier molecular flexibility index (Phi) is 4.36. The Morgan fingerprint density at radius 3 is 2.33 bits per heavy atom. The molecule has 2 aromatic carbocycles. The van der Waals surface area contributed by atoms with E-state index in [1.807, 2.05) is 16.9 Å². The lowest BCUT2D eigenvalue weighted by Crippen LogP contribution is -2.01. The van der Waals surface area contributed by atoms with E-state index in [1.54, 1.807) is 6.20 Å². The molecule has 0 radical (unpaired) electrons. The molecule has 3 aromatic rings. The minimum Gasteiger partial charge on any atom is -0.381 e. The van der Waals surface area contributed by atoms with Crippen LogP contribution in [0.5, 0.6) is 0 Å². The van der Waals surface area contributed by atoms with Crippen LogP contribution < -0.4 is 5.32 Å². The lowest BCUT2D eigenvalue weighted by atomic mass is 10.2. The van der Waals surface area contributed by atoms with Crippen LogP contribution in [0.3, 0.4) is 0 Å². The van der Waals surface area contributed by atoms with Crippen LogP contribution in [0.4, 0.5) is 5.69 Å². The highest BCUT2D eigenvalue weighted by Gasteiger charge is 1.97. The molecule has 0 aliphatic rings. The number of rotatable bonds is 5. The second-order valence-electron chi connectivity index (χ2n) is 4.88. The minimum atomic E-state index is 0.806. The molecule has 21 heavy (non-hydrogen) atoms. The van der Waals surface area contributed by atoms with Crippen molar-refractivity contribution in [3.05, 3.63) is 82.6 Å². The zero-order valence-electron chi connectivity index (χ0n) is 11.5. The summed E-state index contributed by atoms with van der Waals surface area (Å²) in [7, 11) is 0. The summed E-state index contributed by atoms with van der Waals surface area (Å²) in [6.45, 7) is 1.63. The summed E-state index contributed by atoms with van der Waals surface area (Å²) >= 11 is 3.45. The number of halogens is 1. The van der Waals surface area contributed by atoms with Crippen LogP contribution in [0.25, 0.3) is 0 Å². The van der Waals surface area contributed by atoms with Crippen molar-refractivity contribution in [2.24, 2.45) is 0 Å². The van der Waals surface area contributed by atoms with Crippen LogP contribution in [-0.4, -0.2) is 9.78 Å². The summed E-state index contributed by atoms with van der Waals surface area (Å²) < 4.78 is 3.03. The van der Waals surface area contributed by atoms with Crippen LogP contribution in [0, 0.1) is 0 Å². The molecule has 4 heteroatoms. The van der Waals surface area contributed by atoms with Gasteiger partial charge in [-0.1, -0.05) is 40.2 Å². The van der Waals surface area contributed by atoms with Gasteiger partial charge >= 0.3 is 0 Å². The maximum absolute atomic E-state index is 4.21. The molecule has 0 amide bonds. The van der Waals surface area contributed by atoms with Crippen LogP contribution >= 0.6 is 15.9 Å². The summed E-state index contributed by atoms with van der Waals surface area (Å²) in [5.41, 5.74) is 3.63. The molecule has 0 saturated carbocycles. The third-order valence-electron chi connectivity index (χ3n) is 3.27. The molecule has 106 valence electrons. The van der Waals surface area contributed by atoms with Crippen LogP contribution in [0.15, 0.2) is 71.5 Å². The zero-order valence-corrected chi connectivity index (χ0v) is 13.1. The predicted molar refractivity (Wildman–Crippen MR) is 89.2 cm³/mol. The second-order valence-corrected chi connectivity index (χ2v) is 5.80. The van der Waals surface area contributed by atoms with Crippen LogP contribution in [-0.2, 0) is 13.1 Å². The number of aromatic nitrogens is 2. The number of hydrogen-bond donors (Lipinski definition) is 1. The zero-order chi connectivity index (χ0) is 14.5.